The number of hydrogen-bond acceptors (Lipinski definition) is 13. The number of carbonyl (C=O) groups excluding carboxylic acids is 2. The maximum Gasteiger partial charge on any atom is 0.352 e. The number of hydrogen-bond donors (Lipinski definition) is 6. The average molecular weight is 775 g/mol. The monoisotopic (exact) mass is 774 g/mol. The molecule has 282 valence electrons. The van der Waals surface area contributed by atoms with Crippen molar-refractivity contribution in [3.63, 3.8) is 0 Å². The van der Waals surface area contributed by atoms with E-state index in [1.807, 2.05) is 0 Å². The van der Waals surface area contributed by atoms with E-state index in [1.54, 1.807) is 17.7 Å². The van der Waals surface area contributed by atoms with Crippen molar-refractivity contribution < 1.29 is 53.3 Å². The maximum atomic E-state index is 14.5. The number of likely N-dealkylation sites (tertiary alicyclic amines) is 1. The third kappa shape index (κ3) is 6.77. The quantitative estimate of drug-likeness (QED) is 0.0506. The van der Waals surface area contributed by atoms with Crippen LogP contribution >= 0.6 is 23.1 Å². The molecule has 2 fully saturated rings. The van der Waals surface area contributed by atoms with Crippen LogP contribution in [0.4, 0.5) is 9.52 Å². The van der Waals surface area contributed by atoms with Gasteiger partial charge in [-0.05, 0) is 26.8 Å². The third-order valence-electron chi connectivity index (χ3n) is 9.62. The zero-order valence-corrected chi connectivity index (χ0v) is 30.4. The zero-order valence-electron chi connectivity index (χ0n) is 28.8. The molecule has 0 bridgehead atoms. The van der Waals surface area contributed by atoms with Crippen molar-refractivity contribution in [2.45, 2.75) is 63.7 Å². The van der Waals surface area contributed by atoms with Crippen LogP contribution in [-0.4, -0.2) is 111 Å². The van der Waals surface area contributed by atoms with Crippen LogP contribution in [-0.2, 0) is 37.1 Å². The van der Waals surface area contributed by atoms with Gasteiger partial charge in [-0.1, -0.05) is 5.16 Å². The molecule has 7 N–H and O–H groups in total. The van der Waals surface area contributed by atoms with Gasteiger partial charge in [0, 0.05) is 42.3 Å². The minimum Gasteiger partial charge on any atom is -0.503 e. The van der Waals surface area contributed by atoms with Gasteiger partial charge in [0.05, 0.1) is 29.6 Å². The Bertz CT molecular complexity index is 2180. The Balaban J connectivity index is 1.27. The summed E-state index contributed by atoms with van der Waals surface area (Å²) in [5.41, 5.74) is 3.53. The Morgan fingerprint density at radius 1 is 1.17 bits per heavy atom. The highest BCUT2D eigenvalue weighted by atomic mass is 32.2. The number of phenols is 2. The molecule has 0 radical (unpaired) electrons. The van der Waals surface area contributed by atoms with Gasteiger partial charge >= 0.3 is 11.9 Å². The second-order valence-electron chi connectivity index (χ2n) is 13.6. The van der Waals surface area contributed by atoms with E-state index < -0.39 is 69.2 Å². The lowest BCUT2D eigenvalue weighted by Gasteiger charge is -2.50. The minimum absolute atomic E-state index is 0.00221. The molecule has 53 heavy (non-hydrogen) atoms. The minimum atomic E-state index is -1.81. The van der Waals surface area contributed by atoms with Gasteiger partial charge in [-0.2, -0.15) is 0 Å². The van der Waals surface area contributed by atoms with Crippen LogP contribution in [0, 0.1) is 5.82 Å². The summed E-state index contributed by atoms with van der Waals surface area (Å²) in [5.74, 6) is -6.93. The van der Waals surface area contributed by atoms with Crippen LogP contribution in [0.15, 0.2) is 38.9 Å². The molecule has 2 saturated heterocycles. The van der Waals surface area contributed by atoms with Crippen LogP contribution in [0.25, 0.3) is 10.9 Å². The van der Waals surface area contributed by atoms with E-state index in [0.29, 0.717) is 35.3 Å². The molecule has 5 heterocycles. The number of nitrogens with one attached hydrogen (secondary N) is 1. The lowest BCUT2D eigenvalue weighted by molar-refractivity contribution is -0.925. The number of thiazole rings is 1. The van der Waals surface area contributed by atoms with Crippen LogP contribution in [0.5, 0.6) is 11.5 Å². The van der Waals surface area contributed by atoms with Crippen molar-refractivity contribution in [2.75, 3.05) is 31.1 Å². The van der Waals surface area contributed by atoms with Crippen molar-refractivity contribution in [3.8, 4) is 11.5 Å². The number of amides is 2. The number of nitrogens with two attached hydrogens (primary N) is 1. The first-order valence-electron chi connectivity index (χ1n) is 16.5. The molecule has 20 heteroatoms. The fourth-order valence-corrected chi connectivity index (χ4v) is 8.77. The van der Waals surface area contributed by atoms with Crippen molar-refractivity contribution in [1.82, 2.24) is 19.8 Å². The molecule has 3 aliphatic rings. The van der Waals surface area contributed by atoms with Crippen molar-refractivity contribution >= 4 is 68.6 Å². The summed E-state index contributed by atoms with van der Waals surface area (Å²) in [6.07, 6.45) is 3.15. The molecule has 2 atom stereocenters. The van der Waals surface area contributed by atoms with E-state index in [4.69, 9.17) is 10.6 Å². The van der Waals surface area contributed by atoms with Crippen LogP contribution in [0.2, 0.25) is 0 Å². The summed E-state index contributed by atoms with van der Waals surface area (Å²) in [6, 6.07) is -0.261. The summed E-state index contributed by atoms with van der Waals surface area (Å²) in [5, 5.41) is 47.2. The average Bonchev–Trinajstić information content (AvgIpc) is 3.75. The number of β-lactam (4-membered cyclic amide) rings is 1. The highest BCUT2D eigenvalue weighted by Crippen LogP contribution is 2.42. The van der Waals surface area contributed by atoms with Crippen LogP contribution < -0.4 is 16.5 Å². The molecule has 1 aromatic carbocycles. The van der Waals surface area contributed by atoms with Gasteiger partial charge in [0.1, 0.15) is 35.9 Å². The number of anilines is 1. The number of phenolic OH excluding ortho intramolecular Hbond substituents is 2. The van der Waals surface area contributed by atoms with Crippen molar-refractivity contribution in [3.05, 3.63) is 56.2 Å². The Kier molecular flexibility index (Phi) is 9.90. The summed E-state index contributed by atoms with van der Waals surface area (Å²) in [6.45, 7) is 6.07. The van der Waals surface area contributed by atoms with Gasteiger partial charge < -0.3 is 45.4 Å². The second-order valence-corrected chi connectivity index (χ2v) is 15.6. The predicted octanol–water partition coefficient (Wildman–Crippen LogP) is 1.74. The van der Waals surface area contributed by atoms with E-state index in [2.05, 4.69) is 15.5 Å². The smallest absolute Gasteiger partial charge is 0.352 e. The molecular formula is C33H37FN7O10S2+. The molecule has 2 amide bonds. The molecule has 1 unspecified atom stereocenters. The zero-order chi connectivity index (χ0) is 38.6. The number of carboxylic acids is 2. The number of rotatable bonds is 12. The Morgan fingerprint density at radius 2 is 1.87 bits per heavy atom. The molecule has 3 aromatic rings. The largest absolute Gasteiger partial charge is 0.503 e. The van der Waals surface area contributed by atoms with E-state index in [0.717, 1.165) is 35.1 Å². The number of aromatic hydroxyl groups is 2. The summed E-state index contributed by atoms with van der Waals surface area (Å²) in [7, 11) is 0. The Labute approximate surface area is 308 Å². The number of fused-ring (bicyclic) bond motifs is 2. The van der Waals surface area contributed by atoms with Gasteiger partial charge in [-0.15, -0.1) is 23.1 Å². The standard InChI is InChI=1S/C33H36FN7O10S2/c1-4-39-10-15(24(42)17-9-18(34)25(43)26(44)23(17)39)11-41(7-5-6-8-41)12-16-13-52-29-21(28(46)40(29)22(16)30(47)48)37-27(45)20(19-14-53-32(35)36-19)38-51-33(2,3)31(49)50/h9-10,14,21,29H,4-8,11-13H2,1-3H3,(H6-,35,36,37,38,42,43,44,45,47,48,49,50)/p+1/t21-,29?/m1/s1. The number of thioether (sulfide) groups is 1. The molecule has 0 saturated carbocycles. The molecule has 0 aliphatic carbocycles. The fraction of sp³-hybridized carbons (Fsp3) is 0.424. The number of carbonyl (C=O) groups is 4. The van der Waals surface area contributed by atoms with Gasteiger partial charge in [-0.25, -0.2) is 19.0 Å². The number of pyridine rings is 1. The summed E-state index contributed by atoms with van der Waals surface area (Å²) in [4.78, 5) is 75.4. The van der Waals surface area contributed by atoms with E-state index in [1.165, 1.54) is 31.0 Å². The fourth-order valence-electron chi connectivity index (χ4n) is 6.89. The summed E-state index contributed by atoms with van der Waals surface area (Å²) < 4.78 is 16.3. The lowest BCUT2D eigenvalue weighted by Crippen LogP contribution is -2.71. The highest BCUT2D eigenvalue weighted by molar-refractivity contribution is 8.00. The number of aryl methyl sites for hydroxylation is 1. The SMILES string of the molecule is CCn1cc(C[N+]2(CC3=C(C(=O)O)N4C(=O)[C@@H](NC(=O)/C(=N\OC(C)(C)C(=O)O)c5csc(N)n5)C4SC3)CCCC2)c(=O)c2cc(F)c(O)c(O)c21. The second kappa shape index (κ2) is 14.0. The number of quaternary nitrogens is 1. The van der Waals surface area contributed by atoms with Gasteiger partial charge in [0.25, 0.3) is 11.8 Å². The number of aromatic nitrogens is 2. The van der Waals surface area contributed by atoms with Crippen molar-refractivity contribution in [1.29, 1.82) is 0 Å². The molecule has 3 aliphatic heterocycles. The first kappa shape index (κ1) is 37.5. The maximum absolute atomic E-state index is 14.5. The first-order valence-corrected chi connectivity index (χ1v) is 18.4. The Morgan fingerprint density at radius 3 is 2.47 bits per heavy atom. The lowest BCUT2D eigenvalue weighted by atomic mass is 10.0. The van der Waals surface area contributed by atoms with E-state index in [9.17, 15) is 48.8 Å². The number of nitrogen functional groups attached to an aromatic ring is 1. The molecular weight excluding hydrogens is 738 g/mol. The predicted molar refractivity (Wildman–Crippen MR) is 191 cm³/mol. The number of oxime groups is 1. The number of carboxylic acid groups (broad SMARTS) is 2. The number of nitrogens with zero attached hydrogens (tertiary/aromatic N) is 5. The van der Waals surface area contributed by atoms with Crippen molar-refractivity contribution in [2.24, 2.45) is 5.16 Å². The molecule has 0 spiro atoms. The van der Waals surface area contributed by atoms with Crippen LogP contribution in [0.1, 0.15) is 44.9 Å². The topological polar surface area (TPSA) is 247 Å². The first-order chi connectivity index (χ1) is 25.0. The molecule has 17 nitrogen and oxygen atoms in total. The third-order valence-corrected chi connectivity index (χ3v) is 11.6. The molecule has 2 aromatic heterocycles. The van der Waals surface area contributed by atoms with Crippen LogP contribution in [0.3, 0.4) is 0 Å². The highest BCUT2D eigenvalue weighted by Gasteiger charge is 2.55. The summed E-state index contributed by atoms with van der Waals surface area (Å²) >= 11 is 2.25. The number of aliphatic carboxylic acids is 2. The van der Waals surface area contributed by atoms with Gasteiger partial charge in [0.2, 0.25) is 5.60 Å². The number of benzene rings is 1. The number of halogens is 1. The van der Waals surface area contributed by atoms with Gasteiger partial charge in [-0.3, -0.25) is 19.3 Å². The molecule has 6 rings (SSSR count). The Hall–Kier alpha value is -5.21. The van der Waals surface area contributed by atoms with E-state index in [-0.39, 0.29) is 46.3 Å². The van der Waals surface area contributed by atoms with Gasteiger partial charge in [0.15, 0.2) is 33.6 Å². The normalized spacial score (nSPS) is 20.0. The van der Waals surface area contributed by atoms with E-state index >= 15 is 0 Å².